The van der Waals surface area contributed by atoms with Gasteiger partial charge in [0.05, 0.1) is 16.2 Å². The van der Waals surface area contributed by atoms with E-state index in [4.69, 9.17) is 14.5 Å². The van der Waals surface area contributed by atoms with E-state index >= 15 is 0 Å². The summed E-state index contributed by atoms with van der Waals surface area (Å²) in [4.78, 5) is 35.1. The fraction of sp³-hybridized carbons (Fsp3) is 0.440. The molecular weight excluding hydrogens is 452 g/mol. The molecule has 34 heavy (non-hydrogen) atoms. The Morgan fingerprint density at radius 1 is 1.12 bits per heavy atom. The highest BCUT2D eigenvalue weighted by atomic mass is 32.2. The molecule has 1 atom stereocenters. The quantitative estimate of drug-likeness (QED) is 0.224. The second-order valence-electron chi connectivity index (χ2n) is 7.59. The zero-order valence-electron chi connectivity index (χ0n) is 19.9. The lowest BCUT2D eigenvalue weighted by atomic mass is 10.2. The average Bonchev–Trinajstić information content (AvgIpc) is 2.86. The predicted molar refractivity (Wildman–Crippen MR) is 134 cm³/mol. The van der Waals surface area contributed by atoms with Gasteiger partial charge in [0.25, 0.3) is 5.56 Å². The molecule has 0 bridgehead atoms. The lowest BCUT2D eigenvalue weighted by molar-refractivity contribution is -0.141. The first-order valence-corrected chi connectivity index (χ1v) is 12.5. The van der Waals surface area contributed by atoms with Crippen molar-refractivity contribution in [1.29, 1.82) is 0 Å². The molecule has 0 aliphatic heterocycles. The molecule has 182 valence electrons. The van der Waals surface area contributed by atoms with Gasteiger partial charge < -0.3 is 14.8 Å². The second-order valence-corrected chi connectivity index (χ2v) is 8.76. The number of rotatable bonds is 13. The zero-order chi connectivity index (χ0) is 24.3. The van der Waals surface area contributed by atoms with E-state index < -0.39 is 11.5 Å². The predicted octanol–water partition coefficient (Wildman–Crippen LogP) is 3.77. The first-order chi connectivity index (χ1) is 16.6. The Morgan fingerprint density at radius 3 is 2.56 bits per heavy atom. The largest absolute Gasteiger partial charge is 0.353 e. The zero-order valence-corrected chi connectivity index (χ0v) is 20.7. The van der Waals surface area contributed by atoms with E-state index in [1.807, 2.05) is 51.1 Å². The van der Waals surface area contributed by atoms with Crippen molar-refractivity contribution >= 4 is 28.6 Å². The summed E-state index contributed by atoms with van der Waals surface area (Å²) >= 11 is 1.31. The van der Waals surface area contributed by atoms with E-state index in [-0.39, 0.29) is 11.5 Å². The minimum atomic E-state index is -0.407. The van der Waals surface area contributed by atoms with Crippen molar-refractivity contribution in [3.63, 3.8) is 0 Å². The summed E-state index contributed by atoms with van der Waals surface area (Å²) in [6.45, 7) is 7.58. The number of nitrogens with one attached hydrogen (secondary N) is 1. The number of nitrogens with zero attached hydrogens (tertiary/aromatic N) is 3. The molecule has 2 aromatic heterocycles. The third-order valence-corrected chi connectivity index (χ3v) is 6.57. The summed E-state index contributed by atoms with van der Waals surface area (Å²) in [6.07, 6.45) is 4.11. The van der Waals surface area contributed by atoms with E-state index in [1.54, 1.807) is 23.0 Å². The lowest BCUT2D eigenvalue weighted by Crippen LogP contribution is -2.33. The van der Waals surface area contributed by atoms with Crippen molar-refractivity contribution in [3.05, 3.63) is 64.7 Å². The standard InChI is InChI=1S/C25H32N4O4S/c1-4-21(23(30)27-17-18-10-9-14-26-16-18)34-25-28-20-12-8-7-11-19(20)24(31)29(25)15-13-22(32-5-2)33-6-3/h7-12,14,16,21-22H,4-6,13,15,17H2,1-3H3,(H,27,30)/t21-/m0/s1. The SMILES string of the molecule is CCOC(CCn1c(S[C@@H](CC)C(=O)NCc2cccnc2)nc2ccccc2c1=O)OCC. The van der Waals surface area contributed by atoms with Gasteiger partial charge >= 0.3 is 0 Å². The van der Waals surface area contributed by atoms with Crippen molar-refractivity contribution in [1.82, 2.24) is 19.9 Å². The number of benzene rings is 1. The highest BCUT2D eigenvalue weighted by molar-refractivity contribution is 8.00. The van der Waals surface area contributed by atoms with Crippen molar-refractivity contribution in [2.24, 2.45) is 0 Å². The monoisotopic (exact) mass is 484 g/mol. The van der Waals surface area contributed by atoms with Crippen LogP contribution in [0.15, 0.2) is 58.7 Å². The number of fused-ring (bicyclic) bond motifs is 1. The molecule has 0 unspecified atom stereocenters. The number of carbonyl (C=O) groups is 1. The van der Waals surface area contributed by atoms with Crippen LogP contribution in [0.4, 0.5) is 0 Å². The summed E-state index contributed by atoms with van der Waals surface area (Å²) in [5.74, 6) is -0.105. The van der Waals surface area contributed by atoms with Crippen LogP contribution in [-0.4, -0.2) is 45.2 Å². The van der Waals surface area contributed by atoms with Gasteiger partial charge in [-0.3, -0.25) is 19.1 Å². The fourth-order valence-corrected chi connectivity index (χ4v) is 4.58. The molecule has 8 nitrogen and oxygen atoms in total. The van der Waals surface area contributed by atoms with Gasteiger partial charge in [-0.15, -0.1) is 0 Å². The normalized spacial score (nSPS) is 12.2. The third kappa shape index (κ3) is 6.88. The summed E-state index contributed by atoms with van der Waals surface area (Å²) in [7, 11) is 0. The molecule has 2 heterocycles. The molecule has 0 aliphatic carbocycles. The van der Waals surface area contributed by atoms with Crippen LogP contribution >= 0.6 is 11.8 Å². The van der Waals surface area contributed by atoms with Gasteiger partial charge in [0.1, 0.15) is 0 Å². The van der Waals surface area contributed by atoms with Crippen LogP contribution in [0.25, 0.3) is 10.9 Å². The highest BCUT2D eigenvalue weighted by Gasteiger charge is 2.22. The van der Waals surface area contributed by atoms with Crippen LogP contribution in [-0.2, 0) is 27.4 Å². The van der Waals surface area contributed by atoms with Gasteiger partial charge in [-0.25, -0.2) is 4.98 Å². The molecule has 0 saturated heterocycles. The second kappa shape index (κ2) is 13.2. The molecule has 3 aromatic rings. The van der Waals surface area contributed by atoms with Crippen LogP contribution in [0.2, 0.25) is 0 Å². The van der Waals surface area contributed by atoms with Crippen LogP contribution in [0, 0.1) is 0 Å². The smallest absolute Gasteiger partial charge is 0.262 e. The topological polar surface area (TPSA) is 95.3 Å². The van der Waals surface area contributed by atoms with Crippen LogP contribution < -0.4 is 10.9 Å². The van der Waals surface area contributed by atoms with E-state index in [0.29, 0.717) is 55.2 Å². The number of ether oxygens (including phenoxy) is 2. The first-order valence-electron chi connectivity index (χ1n) is 11.6. The van der Waals surface area contributed by atoms with Crippen molar-refractivity contribution in [3.8, 4) is 0 Å². The molecule has 0 radical (unpaired) electrons. The van der Waals surface area contributed by atoms with Gasteiger partial charge in [0, 0.05) is 45.1 Å². The summed E-state index contributed by atoms with van der Waals surface area (Å²) in [5, 5.41) is 3.63. The Labute approximate surface area is 204 Å². The van der Waals surface area contributed by atoms with E-state index in [2.05, 4.69) is 10.3 Å². The van der Waals surface area contributed by atoms with Crippen LogP contribution in [0.5, 0.6) is 0 Å². The molecular formula is C25H32N4O4S. The van der Waals surface area contributed by atoms with Crippen molar-refractivity contribution < 1.29 is 14.3 Å². The molecule has 1 N–H and O–H groups in total. The maximum absolute atomic E-state index is 13.3. The Balaban J connectivity index is 1.84. The summed E-state index contributed by atoms with van der Waals surface area (Å²) in [5.41, 5.74) is 1.41. The van der Waals surface area contributed by atoms with Crippen molar-refractivity contribution in [2.45, 2.75) is 63.4 Å². The number of amides is 1. The van der Waals surface area contributed by atoms with E-state index in [9.17, 15) is 9.59 Å². The molecule has 0 fully saturated rings. The Hall–Kier alpha value is -2.75. The molecule has 3 rings (SSSR count). The number of carbonyl (C=O) groups excluding carboxylic acids is 1. The molecule has 0 aliphatic rings. The number of hydrogen-bond acceptors (Lipinski definition) is 7. The van der Waals surface area contributed by atoms with Gasteiger partial charge in [-0.1, -0.05) is 36.9 Å². The minimum absolute atomic E-state index is 0.105. The fourth-order valence-electron chi connectivity index (χ4n) is 3.51. The molecule has 0 saturated carbocycles. The summed E-state index contributed by atoms with van der Waals surface area (Å²) < 4.78 is 12.9. The first kappa shape index (κ1) is 25.9. The van der Waals surface area contributed by atoms with Gasteiger partial charge in [0.15, 0.2) is 11.4 Å². The molecule has 1 aromatic carbocycles. The Bertz CT molecular complexity index is 1120. The van der Waals surface area contributed by atoms with E-state index in [0.717, 1.165) is 5.56 Å². The van der Waals surface area contributed by atoms with Gasteiger partial charge in [0.2, 0.25) is 5.91 Å². The number of para-hydroxylation sites is 1. The molecule has 1 amide bonds. The Morgan fingerprint density at radius 2 is 1.88 bits per heavy atom. The van der Waals surface area contributed by atoms with Crippen LogP contribution in [0.3, 0.4) is 0 Å². The van der Waals surface area contributed by atoms with E-state index in [1.165, 1.54) is 11.8 Å². The number of pyridine rings is 1. The highest BCUT2D eigenvalue weighted by Crippen LogP contribution is 2.25. The lowest BCUT2D eigenvalue weighted by Gasteiger charge is -2.20. The maximum Gasteiger partial charge on any atom is 0.262 e. The van der Waals surface area contributed by atoms with Gasteiger partial charge in [-0.05, 0) is 44.0 Å². The number of aromatic nitrogens is 3. The third-order valence-electron chi connectivity index (χ3n) is 5.22. The van der Waals surface area contributed by atoms with Gasteiger partial charge in [-0.2, -0.15) is 0 Å². The average molecular weight is 485 g/mol. The minimum Gasteiger partial charge on any atom is -0.353 e. The van der Waals surface area contributed by atoms with Crippen molar-refractivity contribution in [2.75, 3.05) is 13.2 Å². The number of hydrogen-bond donors (Lipinski definition) is 1. The maximum atomic E-state index is 13.3. The van der Waals surface area contributed by atoms with Crippen LogP contribution in [0.1, 0.15) is 39.2 Å². The Kier molecular flexibility index (Phi) is 10.1. The summed E-state index contributed by atoms with van der Waals surface area (Å²) in [6, 6.07) is 11.0. The number of thioether (sulfide) groups is 1. The molecule has 0 spiro atoms. The molecule has 9 heteroatoms.